The molecule has 12 heteroatoms. The quantitative estimate of drug-likeness (QED) is 0.392. The van der Waals surface area contributed by atoms with Crippen LogP contribution in [0.2, 0.25) is 0 Å². The lowest BCUT2D eigenvalue weighted by Gasteiger charge is -2.38. The molecule has 7 nitrogen and oxygen atoms in total. The van der Waals surface area contributed by atoms with Crippen molar-refractivity contribution in [2.24, 2.45) is 0 Å². The van der Waals surface area contributed by atoms with Gasteiger partial charge >= 0.3 is 12.1 Å². The number of aryl methyl sites for hydroxylation is 2. The minimum Gasteiger partial charge on any atom is -0.480 e. The molecule has 1 fully saturated rings. The minimum atomic E-state index is -4.87. The maximum atomic E-state index is 15.7. The van der Waals surface area contributed by atoms with Gasteiger partial charge in [0.1, 0.15) is 23.3 Å². The zero-order chi connectivity index (χ0) is 28.2. The molecule has 0 saturated carbocycles. The zero-order valence-corrected chi connectivity index (χ0v) is 21.3. The van der Waals surface area contributed by atoms with E-state index in [0.29, 0.717) is 37.9 Å². The number of nitrogens with one attached hydrogen (secondary N) is 2. The number of aromatic nitrogens is 1. The van der Waals surface area contributed by atoms with Crippen LogP contribution in [0.25, 0.3) is 0 Å². The second kappa shape index (κ2) is 11.8. The summed E-state index contributed by atoms with van der Waals surface area (Å²) in [6.45, 7) is 1.65. The number of rotatable bonds is 9. The molecule has 0 aliphatic carbocycles. The summed E-state index contributed by atoms with van der Waals surface area (Å²) >= 11 is 0. The van der Waals surface area contributed by atoms with Gasteiger partial charge in [-0.2, -0.15) is 13.2 Å². The minimum absolute atomic E-state index is 0.0926. The third-order valence-corrected chi connectivity index (χ3v) is 7.21. The Kier molecular flexibility index (Phi) is 8.73. The molecule has 1 aromatic carbocycles. The average molecular weight is 555 g/mol. The largest absolute Gasteiger partial charge is 0.480 e. The summed E-state index contributed by atoms with van der Waals surface area (Å²) in [5.74, 6) is -2.95. The number of carboxylic acids is 1. The van der Waals surface area contributed by atoms with Crippen LogP contribution in [0.3, 0.4) is 0 Å². The number of piperidine rings is 1. The van der Waals surface area contributed by atoms with Crippen LogP contribution in [-0.2, 0) is 23.8 Å². The van der Waals surface area contributed by atoms with Crippen molar-refractivity contribution < 1.29 is 36.6 Å². The SMILES string of the molecule is O=C(NC(CCN1CCCC(F)(CCc2ccc3c(n2)NCCC3)C1)C(=O)O)c1cc(F)cc(C(F)(F)F)c1. The number of nitrogens with zero attached hydrogens (tertiary/aromatic N) is 2. The Morgan fingerprint density at radius 3 is 2.74 bits per heavy atom. The van der Waals surface area contributed by atoms with Gasteiger partial charge in [0.25, 0.3) is 5.91 Å². The molecule has 212 valence electrons. The number of hydrogen-bond acceptors (Lipinski definition) is 5. The normalized spacial score (nSPS) is 20.5. The van der Waals surface area contributed by atoms with Gasteiger partial charge < -0.3 is 20.6 Å². The summed E-state index contributed by atoms with van der Waals surface area (Å²) in [5.41, 5.74) is -1.52. The molecule has 2 aliphatic rings. The molecule has 2 aromatic rings. The van der Waals surface area contributed by atoms with Gasteiger partial charge in [-0.3, -0.25) is 4.79 Å². The van der Waals surface area contributed by atoms with Crippen molar-refractivity contribution in [1.82, 2.24) is 15.2 Å². The summed E-state index contributed by atoms with van der Waals surface area (Å²) in [7, 11) is 0. The number of hydrogen-bond donors (Lipinski definition) is 3. The van der Waals surface area contributed by atoms with E-state index in [9.17, 15) is 32.3 Å². The number of amides is 1. The molecular weight excluding hydrogens is 523 g/mol. The highest BCUT2D eigenvalue weighted by Crippen LogP contribution is 2.32. The maximum Gasteiger partial charge on any atom is 0.416 e. The number of benzene rings is 1. The lowest BCUT2D eigenvalue weighted by Crippen LogP contribution is -2.48. The van der Waals surface area contributed by atoms with Crippen LogP contribution in [0.4, 0.5) is 27.8 Å². The first kappa shape index (κ1) is 28.7. The molecular formula is C27H31F5N4O3. The van der Waals surface area contributed by atoms with Gasteiger partial charge in [-0.25, -0.2) is 18.6 Å². The fourth-order valence-corrected chi connectivity index (χ4v) is 5.13. The predicted octanol–water partition coefficient (Wildman–Crippen LogP) is 4.61. The number of carboxylic acid groups (broad SMARTS) is 1. The predicted molar refractivity (Wildman–Crippen MR) is 134 cm³/mol. The Bertz CT molecular complexity index is 1210. The zero-order valence-electron chi connectivity index (χ0n) is 21.3. The van der Waals surface area contributed by atoms with Gasteiger partial charge in [0.15, 0.2) is 0 Å². The van der Waals surface area contributed by atoms with Gasteiger partial charge in [-0.1, -0.05) is 6.07 Å². The Morgan fingerprint density at radius 1 is 1.21 bits per heavy atom. The van der Waals surface area contributed by atoms with Crippen LogP contribution < -0.4 is 10.6 Å². The molecule has 3 heterocycles. The molecule has 0 radical (unpaired) electrons. The van der Waals surface area contributed by atoms with E-state index in [1.165, 1.54) is 0 Å². The third kappa shape index (κ3) is 7.65. The highest BCUT2D eigenvalue weighted by molar-refractivity contribution is 5.96. The van der Waals surface area contributed by atoms with E-state index in [-0.39, 0.29) is 32.0 Å². The first-order valence-corrected chi connectivity index (χ1v) is 13.0. The Labute approximate surface area is 222 Å². The summed E-state index contributed by atoms with van der Waals surface area (Å²) in [6.07, 6.45) is -1.30. The summed E-state index contributed by atoms with van der Waals surface area (Å²) in [5, 5.41) is 15.0. The molecule has 4 rings (SSSR count). The van der Waals surface area contributed by atoms with Crippen molar-refractivity contribution in [3.8, 4) is 0 Å². The number of likely N-dealkylation sites (tertiary alicyclic amines) is 1. The number of halogens is 5. The fourth-order valence-electron chi connectivity index (χ4n) is 5.13. The fraction of sp³-hybridized carbons (Fsp3) is 0.519. The molecule has 1 amide bonds. The number of aliphatic carboxylic acids is 1. The summed E-state index contributed by atoms with van der Waals surface area (Å²) in [6, 6.07) is 3.83. The molecule has 0 spiro atoms. The number of pyridine rings is 1. The van der Waals surface area contributed by atoms with Crippen molar-refractivity contribution in [2.45, 2.75) is 62.8 Å². The molecule has 2 aliphatic heterocycles. The molecule has 0 bridgehead atoms. The van der Waals surface area contributed by atoms with Crippen molar-refractivity contribution >= 4 is 17.7 Å². The number of anilines is 1. The monoisotopic (exact) mass is 554 g/mol. The van der Waals surface area contributed by atoms with E-state index in [4.69, 9.17) is 0 Å². The lowest BCUT2D eigenvalue weighted by molar-refractivity contribution is -0.140. The molecule has 39 heavy (non-hydrogen) atoms. The number of carbonyl (C=O) groups excluding carboxylic acids is 1. The molecule has 2 atom stereocenters. The van der Waals surface area contributed by atoms with E-state index in [2.05, 4.69) is 15.6 Å². The topological polar surface area (TPSA) is 94.6 Å². The highest BCUT2D eigenvalue weighted by Gasteiger charge is 2.36. The Morgan fingerprint density at radius 2 is 2.00 bits per heavy atom. The lowest BCUT2D eigenvalue weighted by atomic mass is 9.89. The van der Waals surface area contributed by atoms with E-state index < -0.39 is 46.7 Å². The maximum absolute atomic E-state index is 15.7. The van der Waals surface area contributed by atoms with Crippen molar-refractivity contribution in [1.29, 1.82) is 0 Å². The second-order valence-corrected chi connectivity index (χ2v) is 10.3. The average Bonchev–Trinajstić information content (AvgIpc) is 2.88. The van der Waals surface area contributed by atoms with Crippen molar-refractivity contribution in [2.75, 3.05) is 31.5 Å². The van der Waals surface area contributed by atoms with Gasteiger partial charge in [0.05, 0.1) is 5.56 Å². The van der Waals surface area contributed by atoms with E-state index >= 15 is 4.39 Å². The van der Waals surface area contributed by atoms with Crippen LogP contribution >= 0.6 is 0 Å². The van der Waals surface area contributed by atoms with E-state index in [1.54, 1.807) is 4.90 Å². The van der Waals surface area contributed by atoms with Gasteiger partial charge in [-0.15, -0.1) is 0 Å². The molecule has 1 aromatic heterocycles. The van der Waals surface area contributed by atoms with Gasteiger partial charge in [0, 0.05) is 30.9 Å². The molecule has 2 unspecified atom stereocenters. The Balaban J connectivity index is 1.32. The standard InChI is InChI=1S/C27H31F5N4O3/c28-20-14-18(13-19(15-20)27(30,31)32)24(37)35-22(25(38)39)7-12-36-11-2-8-26(29,16-36)9-6-21-5-4-17-3-1-10-33-23(17)34-21/h4-5,13-15,22H,1-3,6-12,16H2,(H,33,34)(H,35,37)(H,38,39). The first-order valence-electron chi connectivity index (χ1n) is 13.0. The van der Waals surface area contributed by atoms with Gasteiger partial charge in [0.2, 0.25) is 0 Å². The number of fused-ring (bicyclic) bond motifs is 1. The number of carbonyl (C=O) groups is 2. The van der Waals surface area contributed by atoms with Crippen LogP contribution in [0, 0.1) is 5.82 Å². The van der Waals surface area contributed by atoms with E-state index in [0.717, 1.165) is 36.5 Å². The highest BCUT2D eigenvalue weighted by atomic mass is 19.4. The van der Waals surface area contributed by atoms with Crippen molar-refractivity contribution in [3.05, 3.63) is 58.5 Å². The first-order chi connectivity index (χ1) is 18.4. The third-order valence-electron chi connectivity index (χ3n) is 7.21. The summed E-state index contributed by atoms with van der Waals surface area (Å²) < 4.78 is 68.3. The second-order valence-electron chi connectivity index (χ2n) is 10.3. The number of alkyl halides is 4. The Hall–Kier alpha value is -3.28. The van der Waals surface area contributed by atoms with Crippen LogP contribution in [0.5, 0.6) is 0 Å². The molecule has 3 N–H and O–H groups in total. The summed E-state index contributed by atoms with van der Waals surface area (Å²) in [4.78, 5) is 30.6. The van der Waals surface area contributed by atoms with Crippen LogP contribution in [-0.4, -0.2) is 64.8 Å². The molecule has 1 saturated heterocycles. The van der Waals surface area contributed by atoms with Gasteiger partial charge in [-0.05, 0) is 81.3 Å². The van der Waals surface area contributed by atoms with Crippen LogP contribution in [0.1, 0.15) is 59.3 Å². The van der Waals surface area contributed by atoms with E-state index in [1.807, 2.05) is 12.1 Å². The van der Waals surface area contributed by atoms with Crippen molar-refractivity contribution in [3.63, 3.8) is 0 Å². The smallest absolute Gasteiger partial charge is 0.416 e. The van der Waals surface area contributed by atoms with Crippen LogP contribution in [0.15, 0.2) is 30.3 Å².